The molecule has 1 N–H and O–H groups in total. The number of furan rings is 1. The molecule has 0 saturated carbocycles. The van der Waals surface area contributed by atoms with E-state index in [0.29, 0.717) is 35.8 Å². The summed E-state index contributed by atoms with van der Waals surface area (Å²) in [6.07, 6.45) is 4.89. The number of carbonyl (C=O) groups is 3. The molecular formula is C22H29N3O4S. The van der Waals surface area contributed by atoms with E-state index in [9.17, 15) is 14.4 Å². The monoisotopic (exact) mass is 431 g/mol. The molecule has 0 spiro atoms. The fraction of sp³-hybridized carbons (Fsp3) is 0.500. The summed E-state index contributed by atoms with van der Waals surface area (Å²) < 4.78 is 5.10. The molecule has 0 radical (unpaired) electrons. The van der Waals surface area contributed by atoms with Crippen LogP contribution in [0.3, 0.4) is 0 Å². The van der Waals surface area contributed by atoms with Crippen LogP contribution in [0.25, 0.3) is 0 Å². The highest BCUT2D eigenvalue weighted by atomic mass is 32.1. The van der Waals surface area contributed by atoms with Gasteiger partial charge in [-0.25, -0.2) is 0 Å². The predicted molar refractivity (Wildman–Crippen MR) is 117 cm³/mol. The smallest absolute Gasteiger partial charge is 0.291 e. The van der Waals surface area contributed by atoms with Gasteiger partial charge < -0.3 is 19.5 Å². The molecule has 8 heteroatoms. The van der Waals surface area contributed by atoms with Crippen LogP contribution in [0.5, 0.6) is 0 Å². The molecule has 0 aliphatic carbocycles. The number of likely N-dealkylation sites (tertiary alicyclic amines) is 1. The van der Waals surface area contributed by atoms with Crippen molar-refractivity contribution in [2.75, 3.05) is 32.0 Å². The Bertz CT molecular complexity index is 882. The molecule has 30 heavy (non-hydrogen) atoms. The molecule has 1 aliphatic rings. The maximum Gasteiger partial charge on any atom is 0.291 e. The lowest BCUT2D eigenvalue weighted by atomic mass is 9.95. The van der Waals surface area contributed by atoms with Crippen LogP contribution >= 0.6 is 11.3 Å². The molecule has 3 heterocycles. The summed E-state index contributed by atoms with van der Waals surface area (Å²) in [5.41, 5.74) is 0.831. The largest absolute Gasteiger partial charge is 0.459 e. The van der Waals surface area contributed by atoms with Crippen LogP contribution in [0.1, 0.15) is 58.4 Å². The summed E-state index contributed by atoms with van der Waals surface area (Å²) in [4.78, 5) is 42.0. The quantitative estimate of drug-likeness (QED) is 0.718. The zero-order chi connectivity index (χ0) is 21.7. The van der Waals surface area contributed by atoms with Gasteiger partial charge in [0.05, 0.1) is 16.1 Å². The van der Waals surface area contributed by atoms with E-state index >= 15 is 0 Å². The van der Waals surface area contributed by atoms with Crippen LogP contribution in [-0.2, 0) is 4.79 Å². The fourth-order valence-corrected chi connectivity index (χ4v) is 4.66. The van der Waals surface area contributed by atoms with Crippen LogP contribution in [0.15, 0.2) is 28.9 Å². The van der Waals surface area contributed by atoms with Crippen molar-refractivity contribution in [2.45, 2.75) is 39.5 Å². The van der Waals surface area contributed by atoms with Crippen molar-refractivity contribution in [3.8, 4) is 0 Å². The first-order valence-electron chi connectivity index (χ1n) is 10.4. The van der Waals surface area contributed by atoms with Gasteiger partial charge in [0.1, 0.15) is 0 Å². The molecule has 162 valence electrons. The Balaban J connectivity index is 1.57. The summed E-state index contributed by atoms with van der Waals surface area (Å²) in [5.74, 6) is 0.0202. The third-order valence-corrected chi connectivity index (χ3v) is 6.59. The molecule has 1 aliphatic heterocycles. The molecule has 0 atom stereocenters. The number of hydrogen-bond donors (Lipinski definition) is 1. The van der Waals surface area contributed by atoms with Gasteiger partial charge in [-0.2, -0.15) is 0 Å². The maximum atomic E-state index is 13.0. The van der Waals surface area contributed by atoms with Crippen molar-refractivity contribution < 1.29 is 18.8 Å². The molecule has 1 saturated heterocycles. The number of amides is 3. The standard InChI is InChI=1S/C22H29N3O4S/c1-4-5-10-24(3)21(27)16-8-11-25(12-9-16)22(28)19-15(2)14-18(30-19)23-20(26)17-7-6-13-29-17/h6-7,13-14,16H,4-5,8-12H2,1-3H3,(H,23,26). The van der Waals surface area contributed by atoms with Crippen molar-refractivity contribution in [3.63, 3.8) is 0 Å². The minimum atomic E-state index is -0.341. The molecule has 0 bridgehead atoms. The van der Waals surface area contributed by atoms with E-state index in [-0.39, 0.29) is 29.4 Å². The van der Waals surface area contributed by atoms with Crippen molar-refractivity contribution in [3.05, 3.63) is 40.7 Å². The van der Waals surface area contributed by atoms with Crippen LogP contribution < -0.4 is 5.32 Å². The first-order valence-corrected chi connectivity index (χ1v) is 11.2. The average molecular weight is 432 g/mol. The Labute approximate surface area is 181 Å². The Morgan fingerprint density at radius 3 is 2.67 bits per heavy atom. The van der Waals surface area contributed by atoms with Gasteiger partial charge in [-0.1, -0.05) is 13.3 Å². The molecule has 1 fully saturated rings. The van der Waals surface area contributed by atoms with Gasteiger partial charge in [-0.3, -0.25) is 14.4 Å². The SMILES string of the molecule is CCCCN(C)C(=O)C1CCN(C(=O)c2sc(NC(=O)c3ccco3)cc2C)CC1. The van der Waals surface area contributed by atoms with Crippen LogP contribution in [0.4, 0.5) is 5.00 Å². The van der Waals surface area contributed by atoms with Gasteiger partial charge >= 0.3 is 0 Å². The molecule has 7 nitrogen and oxygen atoms in total. The number of piperidine rings is 1. The van der Waals surface area contributed by atoms with Gasteiger partial charge in [0.2, 0.25) is 5.91 Å². The van der Waals surface area contributed by atoms with Gasteiger partial charge in [-0.15, -0.1) is 11.3 Å². The average Bonchev–Trinajstić information content (AvgIpc) is 3.41. The maximum absolute atomic E-state index is 13.0. The van der Waals surface area contributed by atoms with E-state index in [1.165, 1.54) is 17.6 Å². The number of unbranched alkanes of at least 4 members (excludes halogenated alkanes) is 1. The Morgan fingerprint density at radius 1 is 1.30 bits per heavy atom. The summed E-state index contributed by atoms with van der Waals surface area (Å²) in [7, 11) is 1.86. The molecule has 3 rings (SSSR count). The van der Waals surface area contributed by atoms with Gasteiger partial charge in [-0.05, 0) is 49.9 Å². The number of aryl methyl sites for hydroxylation is 1. The fourth-order valence-electron chi connectivity index (χ4n) is 3.63. The number of thiophene rings is 1. The third kappa shape index (κ3) is 5.11. The lowest BCUT2D eigenvalue weighted by molar-refractivity contribution is -0.135. The normalized spacial score (nSPS) is 14.6. The second-order valence-electron chi connectivity index (χ2n) is 7.73. The number of carbonyl (C=O) groups excluding carboxylic acids is 3. The van der Waals surface area contributed by atoms with E-state index in [1.54, 1.807) is 18.2 Å². The van der Waals surface area contributed by atoms with E-state index in [0.717, 1.165) is 24.9 Å². The molecule has 2 aromatic rings. The van der Waals surface area contributed by atoms with Gasteiger partial charge in [0.25, 0.3) is 11.8 Å². The van der Waals surface area contributed by atoms with Gasteiger partial charge in [0.15, 0.2) is 5.76 Å². The minimum absolute atomic E-state index is 0.0107. The minimum Gasteiger partial charge on any atom is -0.459 e. The first kappa shape index (κ1) is 22.1. The number of nitrogens with one attached hydrogen (secondary N) is 1. The zero-order valence-corrected chi connectivity index (χ0v) is 18.6. The topological polar surface area (TPSA) is 82.9 Å². The van der Waals surface area contributed by atoms with E-state index in [4.69, 9.17) is 4.42 Å². The lowest BCUT2D eigenvalue weighted by Gasteiger charge is -2.33. The Morgan fingerprint density at radius 2 is 2.03 bits per heavy atom. The van der Waals surface area contributed by atoms with Crippen LogP contribution in [-0.4, -0.2) is 54.2 Å². The molecule has 0 aromatic carbocycles. The summed E-state index contributed by atoms with van der Waals surface area (Å²) in [5, 5.41) is 3.39. The van der Waals surface area contributed by atoms with Crippen LogP contribution in [0, 0.1) is 12.8 Å². The first-order chi connectivity index (χ1) is 14.4. The summed E-state index contributed by atoms with van der Waals surface area (Å²) >= 11 is 1.27. The zero-order valence-electron chi connectivity index (χ0n) is 17.8. The van der Waals surface area contributed by atoms with Crippen molar-refractivity contribution >= 4 is 34.1 Å². The predicted octanol–water partition coefficient (Wildman–Crippen LogP) is 4.01. The van der Waals surface area contributed by atoms with Crippen LogP contribution in [0.2, 0.25) is 0 Å². The van der Waals surface area contributed by atoms with Gasteiger partial charge in [0, 0.05) is 32.6 Å². The number of nitrogens with zero attached hydrogens (tertiary/aromatic N) is 2. The van der Waals surface area contributed by atoms with E-state index in [1.807, 2.05) is 23.8 Å². The van der Waals surface area contributed by atoms with Crippen molar-refractivity contribution in [2.24, 2.45) is 5.92 Å². The molecular weight excluding hydrogens is 402 g/mol. The summed E-state index contributed by atoms with van der Waals surface area (Å²) in [6, 6.07) is 5.05. The summed E-state index contributed by atoms with van der Waals surface area (Å²) in [6.45, 7) is 5.91. The highest BCUT2D eigenvalue weighted by Gasteiger charge is 2.30. The number of anilines is 1. The Hall–Kier alpha value is -2.61. The third-order valence-electron chi connectivity index (χ3n) is 5.45. The van der Waals surface area contributed by atoms with Crippen molar-refractivity contribution in [1.29, 1.82) is 0 Å². The molecule has 2 aromatic heterocycles. The highest BCUT2D eigenvalue weighted by molar-refractivity contribution is 7.18. The second-order valence-corrected chi connectivity index (χ2v) is 8.79. The molecule has 0 unspecified atom stereocenters. The van der Waals surface area contributed by atoms with E-state index in [2.05, 4.69) is 12.2 Å². The second kappa shape index (κ2) is 9.93. The lowest BCUT2D eigenvalue weighted by Crippen LogP contribution is -2.43. The number of rotatable bonds is 7. The Kier molecular flexibility index (Phi) is 7.31. The molecule has 3 amide bonds. The highest BCUT2D eigenvalue weighted by Crippen LogP contribution is 2.30. The number of hydrogen-bond acceptors (Lipinski definition) is 5. The van der Waals surface area contributed by atoms with E-state index < -0.39 is 0 Å². The van der Waals surface area contributed by atoms with Crippen molar-refractivity contribution in [1.82, 2.24) is 9.80 Å².